The molecular formula is C16H22N4O3. The molecule has 0 unspecified atom stereocenters. The Labute approximate surface area is 135 Å². The molecule has 2 aromatic rings. The lowest BCUT2D eigenvalue weighted by atomic mass is 10.2. The first-order valence-corrected chi connectivity index (χ1v) is 7.97. The quantitative estimate of drug-likeness (QED) is 0.934. The topological polar surface area (TPSA) is 84.2 Å². The minimum atomic E-state index is -0.289. The monoisotopic (exact) mass is 318 g/mol. The molecule has 2 aromatic heterocycles. The Hall–Kier alpha value is -2.15. The summed E-state index contributed by atoms with van der Waals surface area (Å²) in [4.78, 5) is 18.9. The minimum Gasteiger partial charge on any atom is -0.466 e. The second kappa shape index (κ2) is 6.54. The second-order valence-electron chi connectivity index (χ2n) is 5.83. The van der Waals surface area contributed by atoms with Crippen molar-refractivity contribution in [3.05, 3.63) is 34.8 Å². The van der Waals surface area contributed by atoms with E-state index in [-0.39, 0.29) is 12.0 Å². The fourth-order valence-electron chi connectivity index (χ4n) is 2.81. The zero-order valence-corrected chi connectivity index (χ0v) is 13.8. The lowest BCUT2D eigenvalue weighted by Gasteiger charge is -2.31. The van der Waals surface area contributed by atoms with Crippen LogP contribution in [0.15, 0.2) is 10.5 Å². The highest BCUT2D eigenvalue weighted by Crippen LogP contribution is 2.23. The smallest absolute Gasteiger partial charge is 0.257 e. The number of amides is 1. The van der Waals surface area contributed by atoms with Crippen LogP contribution >= 0.6 is 0 Å². The van der Waals surface area contributed by atoms with Crippen molar-refractivity contribution in [3.8, 4) is 0 Å². The molecule has 7 nitrogen and oxygen atoms in total. The third-order valence-corrected chi connectivity index (χ3v) is 3.95. The first-order valence-electron chi connectivity index (χ1n) is 7.97. The number of carbonyl (C=O) groups is 1. The molecule has 0 bridgehead atoms. The van der Waals surface area contributed by atoms with E-state index in [1.165, 1.54) is 0 Å². The number of aryl methyl sites for hydroxylation is 3. The number of furan rings is 1. The van der Waals surface area contributed by atoms with E-state index in [1.54, 1.807) is 11.0 Å². The van der Waals surface area contributed by atoms with Crippen LogP contribution in [0, 0.1) is 13.8 Å². The van der Waals surface area contributed by atoms with Crippen molar-refractivity contribution in [2.24, 2.45) is 0 Å². The molecule has 0 aliphatic carbocycles. The molecule has 124 valence electrons. The van der Waals surface area contributed by atoms with Gasteiger partial charge in [0, 0.05) is 13.0 Å². The Morgan fingerprint density at radius 2 is 2.30 bits per heavy atom. The van der Waals surface area contributed by atoms with Crippen LogP contribution in [0.3, 0.4) is 0 Å². The molecule has 0 spiro atoms. The van der Waals surface area contributed by atoms with E-state index >= 15 is 0 Å². The SMILES string of the molecule is CCCc1nc([C@H]2CN(C(=O)c3cc(C)oc3C)CCO2)n[nH]1. The Bertz CT molecular complexity index is 691. The van der Waals surface area contributed by atoms with Crippen molar-refractivity contribution in [2.45, 2.75) is 39.7 Å². The molecule has 0 saturated carbocycles. The fourth-order valence-corrected chi connectivity index (χ4v) is 2.81. The zero-order chi connectivity index (χ0) is 16.4. The molecule has 1 N–H and O–H groups in total. The lowest BCUT2D eigenvalue weighted by Crippen LogP contribution is -2.42. The molecule has 0 aromatic carbocycles. The molecule has 1 aliphatic heterocycles. The molecule has 1 fully saturated rings. The fraction of sp³-hybridized carbons (Fsp3) is 0.562. The average molecular weight is 318 g/mol. The van der Waals surface area contributed by atoms with E-state index < -0.39 is 0 Å². The third-order valence-electron chi connectivity index (χ3n) is 3.95. The van der Waals surface area contributed by atoms with Crippen molar-refractivity contribution in [3.63, 3.8) is 0 Å². The number of rotatable bonds is 4. The molecule has 3 rings (SSSR count). The highest BCUT2D eigenvalue weighted by atomic mass is 16.5. The van der Waals surface area contributed by atoms with E-state index in [2.05, 4.69) is 22.1 Å². The van der Waals surface area contributed by atoms with Crippen molar-refractivity contribution in [2.75, 3.05) is 19.7 Å². The number of morpholine rings is 1. The van der Waals surface area contributed by atoms with Gasteiger partial charge in [-0.15, -0.1) is 0 Å². The van der Waals surface area contributed by atoms with Crippen LogP contribution in [0.25, 0.3) is 0 Å². The van der Waals surface area contributed by atoms with Gasteiger partial charge >= 0.3 is 0 Å². The van der Waals surface area contributed by atoms with Crippen LogP contribution in [-0.4, -0.2) is 45.7 Å². The summed E-state index contributed by atoms with van der Waals surface area (Å²) in [5.74, 6) is 2.84. The number of aromatic nitrogens is 3. The highest BCUT2D eigenvalue weighted by molar-refractivity contribution is 5.95. The van der Waals surface area contributed by atoms with Crippen LogP contribution in [-0.2, 0) is 11.2 Å². The van der Waals surface area contributed by atoms with Crippen molar-refractivity contribution in [1.29, 1.82) is 0 Å². The molecule has 7 heteroatoms. The van der Waals surface area contributed by atoms with Crippen molar-refractivity contribution >= 4 is 5.91 Å². The largest absolute Gasteiger partial charge is 0.466 e. The predicted molar refractivity (Wildman–Crippen MR) is 83.2 cm³/mol. The molecule has 3 heterocycles. The lowest BCUT2D eigenvalue weighted by molar-refractivity contribution is -0.0267. The second-order valence-corrected chi connectivity index (χ2v) is 5.83. The molecule has 1 aliphatic rings. The summed E-state index contributed by atoms with van der Waals surface area (Å²) < 4.78 is 11.2. The van der Waals surface area contributed by atoms with E-state index in [4.69, 9.17) is 9.15 Å². The molecule has 1 amide bonds. The number of aromatic amines is 1. The molecule has 1 atom stereocenters. The predicted octanol–water partition coefficient (Wildman–Crippen LogP) is 2.18. The normalized spacial score (nSPS) is 18.4. The first kappa shape index (κ1) is 15.7. The van der Waals surface area contributed by atoms with Crippen molar-refractivity contribution in [1.82, 2.24) is 20.1 Å². The Balaban J connectivity index is 1.72. The van der Waals surface area contributed by atoms with Gasteiger partial charge in [-0.25, -0.2) is 4.98 Å². The third kappa shape index (κ3) is 3.29. The van der Waals surface area contributed by atoms with Gasteiger partial charge in [0.15, 0.2) is 5.82 Å². The summed E-state index contributed by atoms with van der Waals surface area (Å²) in [6, 6.07) is 1.79. The van der Waals surface area contributed by atoms with Crippen molar-refractivity contribution < 1.29 is 13.9 Å². The summed E-state index contributed by atoms with van der Waals surface area (Å²) in [5.41, 5.74) is 0.616. The summed E-state index contributed by atoms with van der Waals surface area (Å²) in [7, 11) is 0. The van der Waals surface area contributed by atoms with E-state index in [0.29, 0.717) is 36.8 Å². The van der Waals surface area contributed by atoms with Gasteiger partial charge in [0.2, 0.25) is 0 Å². The van der Waals surface area contributed by atoms with Gasteiger partial charge in [-0.05, 0) is 26.3 Å². The Morgan fingerprint density at radius 1 is 1.48 bits per heavy atom. The summed E-state index contributed by atoms with van der Waals surface area (Å²) in [5, 5.41) is 7.16. The van der Waals surface area contributed by atoms with Gasteiger partial charge in [-0.2, -0.15) is 5.10 Å². The van der Waals surface area contributed by atoms with Gasteiger partial charge in [0.05, 0.1) is 18.7 Å². The number of H-pyrrole nitrogens is 1. The van der Waals surface area contributed by atoms with Gasteiger partial charge < -0.3 is 14.1 Å². The number of nitrogens with zero attached hydrogens (tertiary/aromatic N) is 3. The standard InChI is InChI=1S/C16H22N4O3/c1-4-5-14-17-15(19-18-14)13-9-20(6-7-22-13)16(21)12-8-10(2)23-11(12)3/h8,13H,4-7,9H2,1-3H3,(H,17,18,19)/t13-/m1/s1. The number of hydrogen-bond acceptors (Lipinski definition) is 5. The van der Waals surface area contributed by atoms with Gasteiger partial charge in [-0.1, -0.05) is 6.92 Å². The molecule has 23 heavy (non-hydrogen) atoms. The van der Waals surface area contributed by atoms with Crippen LogP contribution in [0.2, 0.25) is 0 Å². The number of nitrogens with one attached hydrogen (secondary N) is 1. The first-order chi connectivity index (χ1) is 11.1. The van der Waals surface area contributed by atoms with Gasteiger partial charge in [0.25, 0.3) is 5.91 Å². The van der Waals surface area contributed by atoms with Crippen LogP contribution in [0.4, 0.5) is 0 Å². The molecule has 0 radical (unpaired) electrons. The molecule has 1 saturated heterocycles. The van der Waals surface area contributed by atoms with E-state index in [0.717, 1.165) is 24.4 Å². The van der Waals surface area contributed by atoms with E-state index in [1.807, 2.05) is 13.8 Å². The maximum Gasteiger partial charge on any atom is 0.257 e. The summed E-state index contributed by atoms with van der Waals surface area (Å²) in [6.07, 6.45) is 1.57. The maximum atomic E-state index is 12.7. The van der Waals surface area contributed by atoms with Gasteiger partial charge in [0.1, 0.15) is 23.4 Å². The number of hydrogen-bond donors (Lipinski definition) is 1. The Kier molecular flexibility index (Phi) is 4.47. The highest BCUT2D eigenvalue weighted by Gasteiger charge is 2.30. The van der Waals surface area contributed by atoms with Gasteiger partial charge in [-0.3, -0.25) is 9.89 Å². The van der Waals surface area contributed by atoms with Crippen LogP contribution < -0.4 is 0 Å². The average Bonchev–Trinajstić information content (AvgIpc) is 3.13. The van der Waals surface area contributed by atoms with Crippen LogP contribution in [0.5, 0.6) is 0 Å². The minimum absolute atomic E-state index is 0.0306. The summed E-state index contributed by atoms with van der Waals surface area (Å²) >= 11 is 0. The van der Waals surface area contributed by atoms with E-state index in [9.17, 15) is 4.79 Å². The molecular weight excluding hydrogens is 296 g/mol. The maximum absolute atomic E-state index is 12.7. The summed E-state index contributed by atoms with van der Waals surface area (Å²) in [6.45, 7) is 7.23. The number of ether oxygens (including phenoxy) is 1. The number of carbonyl (C=O) groups excluding carboxylic acids is 1. The zero-order valence-electron chi connectivity index (χ0n) is 13.8. The Morgan fingerprint density at radius 3 is 3.00 bits per heavy atom. The van der Waals surface area contributed by atoms with Crippen LogP contribution in [0.1, 0.15) is 53.0 Å².